The predicted octanol–water partition coefficient (Wildman–Crippen LogP) is 3.25. The molecule has 1 N–H and O–H groups in total. The Balaban J connectivity index is 1.62. The molecule has 0 spiro atoms. The van der Waals surface area contributed by atoms with Crippen LogP contribution in [-0.2, 0) is 6.42 Å². The molecule has 0 saturated carbocycles. The van der Waals surface area contributed by atoms with E-state index in [-0.39, 0.29) is 0 Å². The molecule has 2 heterocycles. The third-order valence-corrected chi connectivity index (χ3v) is 5.20. The summed E-state index contributed by atoms with van der Waals surface area (Å²) in [6, 6.07) is 2.97. The van der Waals surface area contributed by atoms with Crippen molar-refractivity contribution in [3.05, 3.63) is 22.4 Å². The third-order valence-electron chi connectivity index (χ3n) is 4.47. The summed E-state index contributed by atoms with van der Waals surface area (Å²) in [5.41, 5.74) is 1.46. The predicted molar refractivity (Wildman–Crippen MR) is 84.9 cm³/mol. The molecule has 0 amide bonds. The number of rotatable bonds is 6. The van der Waals surface area contributed by atoms with E-state index < -0.39 is 0 Å². The van der Waals surface area contributed by atoms with E-state index in [1.165, 1.54) is 25.1 Å². The lowest BCUT2D eigenvalue weighted by Gasteiger charge is -2.41. The molecule has 1 aliphatic heterocycles. The van der Waals surface area contributed by atoms with Gasteiger partial charge in [0.25, 0.3) is 0 Å². The number of piperidine rings is 1. The van der Waals surface area contributed by atoms with Crippen molar-refractivity contribution in [1.29, 1.82) is 0 Å². The smallest absolute Gasteiger partial charge is 0.0110 e. The normalized spacial score (nSPS) is 28.7. The molecule has 1 fully saturated rings. The van der Waals surface area contributed by atoms with Crippen LogP contribution >= 0.6 is 11.3 Å². The van der Waals surface area contributed by atoms with Gasteiger partial charge in [0, 0.05) is 25.7 Å². The van der Waals surface area contributed by atoms with Crippen LogP contribution in [0.15, 0.2) is 16.8 Å². The van der Waals surface area contributed by atoms with Gasteiger partial charge < -0.3 is 5.32 Å². The second kappa shape index (κ2) is 7.41. The highest BCUT2D eigenvalue weighted by molar-refractivity contribution is 7.07. The van der Waals surface area contributed by atoms with Crippen molar-refractivity contribution in [2.45, 2.75) is 39.7 Å². The molecular weight excluding hydrogens is 252 g/mol. The van der Waals surface area contributed by atoms with Gasteiger partial charge in [-0.05, 0) is 60.5 Å². The van der Waals surface area contributed by atoms with E-state index in [0.29, 0.717) is 0 Å². The average Bonchev–Trinajstić information content (AvgIpc) is 2.87. The van der Waals surface area contributed by atoms with Gasteiger partial charge in [0.1, 0.15) is 0 Å². The maximum atomic E-state index is 3.58. The van der Waals surface area contributed by atoms with Crippen LogP contribution in [0.3, 0.4) is 0 Å². The van der Waals surface area contributed by atoms with Crippen molar-refractivity contribution in [3.8, 4) is 0 Å². The number of nitrogens with one attached hydrogen (secondary N) is 1. The molecule has 3 unspecified atom stereocenters. The zero-order chi connectivity index (χ0) is 13.7. The summed E-state index contributed by atoms with van der Waals surface area (Å²) >= 11 is 1.79. The van der Waals surface area contributed by atoms with E-state index in [9.17, 15) is 0 Å². The molecule has 1 aromatic heterocycles. The minimum absolute atomic E-state index is 0.745. The van der Waals surface area contributed by atoms with Crippen LogP contribution in [0.2, 0.25) is 0 Å². The molecule has 2 rings (SSSR count). The lowest BCUT2D eigenvalue weighted by molar-refractivity contribution is 0.0808. The van der Waals surface area contributed by atoms with Gasteiger partial charge >= 0.3 is 0 Å². The minimum atomic E-state index is 0.745. The molecule has 0 bridgehead atoms. The van der Waals surface area contributed by atoms with Gasteiger partial charge in [-0.2, -0.15) is 11.3 Å². The molecule has 3 atom stereocenters. The van der Waals surface area contributed by atoms with Crippen LogP contribution < -0.4 is 5.32 Å². The SMILES string of the molecule is CC1CC(C)C(C)N(CCNCCc2ccsc2)C1. The zero-order valence-corrected chi connectivity index (χ0v) is 13.4. The van der Waals surface area contributed by atoms with Crippen LogP contribution in [0, 0.1) is 11.8 Å². The number of nitrogens with zero attached hydrogens (tertiary/aromatic N) is 1. The Morgan fingerprint density at radius 3 is 2.89 bits per heavy atom. The lowest BCUT2D eigenvalue weighted by atomic mass is 9.86. The van der Waals surface area contributed by atoms with E-state index in [1.807, 2.05) is 0 Å². The summed E-state index contributed by atoms with van der Waals surface area (Å²) < 4.78 is 0. The minimum Gasteiger partial charge on any atom is -0.315 e. The van der Waals surface area contributed by atoms with Crippen LogP contribution in [0.1, 0.15) is 32.8 Å². The van der Waals surface area contributed by atoms with E-state index in [0.717, 1.165) is 37.4 Å². The summed E-state index contributed by atoms with van der Waals surface area (Å²) in [6.45, 7) is 11.9. The second-order valence-electron chi connectivity index (χ2n) is 6.19. The van der Waals surface area contributed by atoms with Gasteiger partial charge in [-0.3, -0.25) is 4.90 Å². The lowest BCUT2D eigenvalue weighted by Crippen LogP contribution is -2.48. The summed E-state index contributed by atoms with van der Waals surface area (Å²) in [5, 5.41) is 7.99. The summed E-state index contributed by atoms with van der Waals surface area (Å²) in [4.78, 5) is 2.66. The molecule has 0 aliphatic carbocycles. The zero-order valence-electron chi connectivity index (χ0n) is 12.6. The largest absolute Gasteiger partial charge is 0.315 e. The van der Waals surface area contributed by atoms with E-state index in [1.54, 1.807) is 11.3 Å². The third kappa shape index (κ3) is 4.59. The highest BCUT2D eigenvalue weighted by Crippen LogP contribution is 2.26. The van der Waals surface area contributed by atoms with E-state index in [4.69, 9.17) is 0 Å². The van der Waals surface area contributed by atoms with Gasteiger partial charge in [-0.1, -0.05) is 13.8 Å². The number of hydrogen-bond acceptors (Lipinski definition) is 3. The molecule has 3 heteroatoms. The molecule has 2 nitrogen and oxygen atoms in total. The summed E-state index contributed by atoms with van der Waals surface area (Å²) in [7, 11) is 0. The maximum Gasteiger partial charge on any atom is 0.0110 e. The van der Waals surface area contributed by atoms with Crippen molar-refractivity contribution < 1.29 is 0 Å². The van der Waals surface area contributed by atoms with Crippen molar-refractivity contribution in [2.75, 3.05) is 26.2 Å². The number of hydrogen-bond donors (Lipinski definition) is 1. The van der Waals surface area contributed by atoms with Crippen molar-refractivity contribution >= 4 is 11.3 Å². The first-order chi connectivity index (χ1) is 9.16. The molecule has 0 radical (unpaired) electrons. The van der Waals surface area contributed by atoms with Gasteiger partial charge in [-0.25, -0.2) is 0 Å². The van der Waals surface area contributed by atoms with Gasteiger partial charge in [0.05, 0.1) is 0 Å². The van der Waals surface area contributed by atoms with Gasteiger partial charge in [-0.15, -0.1) is 0 Å². The monoisotopic (exact) mass is 280 g/mol. The molecule has 19 heavy (non-hydrogen) atoms. The van der Waals surface area contributed by atoms with Crippen molar-refractivity contribution in [2.24, 2.45) is 11.8 Å². The topological polar surface area (TPSA) is 15.3 Å². The van der Waals surface area contributed by atoms with Crippen LogP contribution in [0.25, 0.3) is 0 Å². The van der Waals surface area contributed by atoms with E-state index >= 15 is 0 Å². The Morgan fingerprint density at radius 2 is 2.16 bits per heavy atom. The molecular formula is C16H28N2S. The van der Waals surface area contributed by atoms with Gasteiger partial charge in [0.15, 0.2) is 0 Å². The Hall–Kier alpha value is -0.380. The summed E-state index contributed by atoms with van der Waals surface area (Å²) in [5.74, 6) is 1.70. The fraction of sp³-hybridized carbons (Fsp3) is 0.750. The fourth-order valence-corrected chi connectivity index (χ4v) is 3.85. The highest BCUT2D eigenvalue weighted by atomic mass is 32.1. The van der Waals surface area contributed by atoms with Crippen molar-refractivity contribution in [3.63, 3.8) is 0 Å². The quantitative estimate of drug-likeness (QED) is 0.805. The number of thiophene rings is 1. The highest BCUT2D eigenvalue weighted by Gasteiger charge is 2.27. The molecule has 0 aromatic carbocycles. The van der Waals surface area contributed by atoms with Crippen LogP contribution in [0.4, 0.5) is 0 Å². The Bertz CT molecular complexity index is 350. The van der Waals surface area contributed by atoms with E-state index in [2.05, 4.69) is 47.8 Å². The fourth-order valence-electron chi connectivity index (χ4n) is 3.14. The molecule has 108 valence electrons. The van der Waals surface area contributed by atoms with Crippen LogP contribution in [0.5, 0.6) is 0 Å². The second-order valence-corrected chi connectivity index (χ2v) is 6.97. The number of likely N-dealkylation sites (tertiary alicyclic amines) is 1. The Labute approximate surface area is 122 Å². The van der Waals surface area contributed by atoms with Gasteiger partial charge in [0.2, 0.25) is 0 Å². The Morgan fingerprint density at radius 1 is 1.32 bits per heavy atom. The first-order valence-corrected chi connectivity index (χ1v) is 8.57. The maximum absolute atomic E-state index is 3.58. The summed E-state index contributed by atoms with van der Waals surface area (Å²) in [6.07, 6.45) is 2.55. The average molecular weight is 280 g/mol. The molecule has 1 aliphatic rings. The first kappa shape index (κ1) is 15.0. The standard InChI is InChI=1S/C16H28N2S/c1-13-10-14(2)15(3)18(11-13)8-7-17-6-4-16-5-9-19-12-16/h5,9,12-15,17H,4,6-8,10-11H2,1-3H3. The van der Waals surface area contributed by atoms with Crippen LogP contribution in [-0.4, -0.2) is 37.1 Å². The Kier molecular flexibility index (Phi) is 5.86. The van der Waals surface area contributed by atoms with Crippen molar-refractivity contribution in [1.82, 2.24) is 10.2 Å². The molecule has 1 saturated heterocycles. The molecule has 1 aromatic rings. The first-order valence-electron chi connectivity index (χ1n) is 7.62.